The van der Waals surface area contributed by atoms with Crippen LogP contribution in [0.2, 0.25) is 5.02 Å². The Kier molecular flexibility index (Phi) is 2.98. The van der Waals surface area contributed by atoms with E-state index in [0.717, 1.165) is 21.2 Å². The summed E-state index contributed by atoms with van der Waals surface area (Å²) < 4.78 is 1.13. The molecule has 2 heterocycles. The summed E-state index contributed by atoms with van der Waals surface area (Å²) in [5, 5.41) is 5.43. The monoisotopic (exact) mass is 292 g/mol. The van der Waals surface area contributed by atoms with Crippen molar-refractivity contribution in [2.45, 2.75) is 6.92 Å². The van der Waals surface area contributed by atoms with Crippen LogP contribution in [0, 0.1) is 6.92 Å². The molecular formula is C14H9ClOS2. The minimum Gasteiger partial charge on any atom is -0.288 e. The van der Waals surface area contributed by atoms with Crippen LogP contribution in [0.15, 0.2) is 35.0 Å². The second-order valence-corrected chi connectivity index (χ2v) is 6.21. The maximum Gasteiger partial charge on any atom is 0.205 e. The highest BCUT2D eigenvalue weighted by atomic mass is 35.5. The molecule has 0 bridgehead atoms. The van der Waals surface area contributed by atoms with Gasteiger partial charge in [0.15, 0.2) is 0 Å². The number of aryl methyl sites for hydroxylation is 1. The van der Waals surface area contributed by atoms with Crippen LogP contribution in [0.25, 0.3) is 10.1 Å². The summed E-state index contributed by atoms with van der Waals surface area (Å²) in [6.45, 7) is 1.92. The highest BCUT2D eigenvalue weighted by Gasteiger charge is 2.19. The number of hydrogen-bond acceptors (Lipinski definition) is 3. The second kappa shape index (κ2) is 4.50. The third-order valence-electron chi connectivity index (χ3n) is 2.83. The van der Waals surface area contributed by atoms with E-state index in [9.17, 15) is 4.79 Å². The number of hydrogen-bond donors (Lipinski definition) is 0. The standard InChI is InChI=1S/C14H9ClOS2/c1-8-6-18-14(12(8)15)13(16)10-7-17-11-5-3-2-4-9(10)11/h2-7H,1H3. The van der Waals surface area contributed by atoms with Crippen LogP contribution in [0.4, 0.5) is 0 Å². The number of thiophene rings is 2. The van der Waals surface area contributed by atoms with Gasteiger partial charge in [0.1, 0.15) is 0 Å². The Morgan fingerprint density at radius 1 is 1.17 bits per heavy atom. The van der Waals surface area contributed by atoms with Gasteiger partial charge < -0.3 is 0 Å². The average Bonchev–Trinajstić information content (AvgIpc) is 2.94. The van der Waals surface area contributed by atoms with E-state index in [2.05, 4.69) is 0 Å². The Morgan fingerprint density at radius 3 is 2.67 bits per heavy atom. The van der Waals surface area contributed by atoms with E-state index in [1.54, 1.807) is 11.3 Å². The Hall–Kier alpha value is -1.16. The first-order valence-electron chi connectivity index (χ1n) is 5.43. The lowest BCUT2D eigenvalue weighted by molar-refractivity contribution is 0.104. The van der Waals surface area contributed by atoms with Gasteiger partial charge in [-0.3, -0.25) is 4.79 Å². The quantitative estimate of drug-likeness (QED) is 0.597. The first kappa shape index (κ1) is 11.9. The molecule has 0 aliphatic heterocycles. The summed E-state index contributed by atoms with van der Waals surface area (Å²) in [7, 11) is 0. The molecule has 0 spiro atoms. The highest BCUT2D eigenvalue weighted by molar-refractivity contribution is 7.18. The molecule has 0 unspecified atom stereocenters. The molecule has 2 aromatic heterocycles. The first-order valence-corrected chi connectivity index (χ1v) is 7.56. The molecule has 3 aromatic rings. The van der Waals surface area contributed by atoms with Crippen molar-refractivity contribution in [3.8, 4) is 0 Å². The Balaban J connectivity index is 2.15. The highest BCUT2D eigenvalue weighted by Crippen LogP contribution is 2.33. The summed E-state index contributed by atoms with van der Waals surface area (Å²) in [5.41, 5.74) is 1.71. The Labute approximate surface area is 118 Å². The van der Waals surface area contributed by atoms with Gasteiger partial charge in [-0.1, -0.05) is 29.8 Å². The smallest absolute Gasteiger partial charge is 0.205 e. The molecule has 3 rings (SSSR count). The molecule has 0 saturated carbocycles. The van der Waals surface area contributed by atoms with E-state index in [1.165, 1.54) is 11.3 Å². The fourth-order valence-electron chi connectivity index (χ4n) is 1.86. The first-order chi connectivity index (χ1) is 8.68. The van der Waals surface area contributed by atoms with Crippen molar-refractivity contribution < 1.29 is 4.79 Å². The number of fused-ring (bicyclic) bond motifs is 1. The second-order valence-electron chi connectivity index (χ2n) is 4.04. The molecular weight excluding hydrogens is 284 g/mol. The van der Waals surface area contributed by atoms with Crippen LogP contribution in [0.1, 0.15) is 20.8 Å². The lowest BCUT2D eigenvalue weighted by Gasteiger charge is -1.98. The van der Waals surface area contributed by atoms with Gasteiger partial charge in [-0.25, -0.2) is 0 Å². The number of carbonyl (C=O) groups is 1. The number of rotatable bonds is 2. The molecule has 0 radical (unpaired) electrons. The molecule has 0 amide bonds. The molecule has 0 aliphatic rings. The number of halogens is 1. The van der Waals surface area contributed by atoms with E-state index in [1.807, 2.05) is 41.9 Å². The third-order valence-corrected chi connectivity index (χ3v) is 5.49. The van der Waals surface area contributed by atoms with E-state index in [-0.39, 0.29) is 5.78 Å². The van der Waals surface area contributed by atoms with Crippen molar-refractivity contribution in [3.05, 3.63) is 56.1 Å². The largest absolute Gasteiger partial charge is 0.288 e. The SMILES string of the molecule is Cc1csc(C(=O)c2csc3ccccc23)c1Cl. The van der Waals surface area contributed by atoms with Crippen molar-refractivity contribution in [1.29, 1.82) is 0 Å². The lowest BCUT2D eigenvalue weighted by Crippen LogP contribution is -1.97. The van der Waals surface area contributed by atoms with Crippen LogP contribution < -0.4 is 0 Å². The van der Waals surface area contributed by atoms with Crippen LogP contribution >= 0.6 is 34.3 Å². The van der Waals surface area contributed by atoms with Gasteiger partial charge in [-0.05, 0) is 23.9 Å². The summed E-state index contributed by atoms with van der Waals surface area (Å²) in [6.07, 6.45) is 0. The summed E-state index contributed by atoms with van der Waals surface area (Å²) in [6, 6.07) is 7.94. The van der Waals surface area contributed by atoms with Crippen molar-refractivity contribution in [2.75, 3.05) is 0 Å². The molecule has 4 heteroatoms. The maximum atomic E-state index is 12.5. The molecule has 90 valence electrons. The van der Waals surface area contributed by atoms with E-state index in [4.69, 9.17) is 11.6 Å². The summed E-state index contributed by atoms with van der Waals surface area (Å²) in [5.74, 6) is 0.0237. The topological polar surface area (TPSA) is 17.1 Å². The van der Waals surface area contributed by atoms with Crippen LogP contribution in [-0.4, -0.2) is 5.78 Å². The molecule has 1 aromatic carbocycles. The zero-order valence-corrected chi connectivity index (χ0v) is 12.0. The summed E-state index contributed by atoms with van der Waals surface area (Å²) in [4.78, 5) is 13.1. The van der Waals surface area contributed by atoms with Crippen LogP contribution in [-0.2, 0) is 0 Å². The van der Waals surface area contributed by atoms with E-state index in [0.29, 0.717) is 9.90 Å². The third kappa shape index (κ3) is 1.79. The normalized spacial score (nSPS) is 11.0. The summed E-state index contributed by atoms with van der Waals surface area (Å²) >= 11 is 9.17. The molecule has 0 N–H and O–H groups in total. The average molecular weight is 293 g/mol. The molecule has 0 fully saturated rings. The van der Waals surface area contributed by atoms with Crippen molar-refractivity contribution in [1.82, 2.24) is 0 Å². The number of ketones is 1. The minimum absolute atomic E-state index is 0.0237. The Bertz CT molecular complexity index is 739. The number of benzene rings is 1. The van der Waals surface area contributed by atoms with Gasteiger partial charge in [-0.15, -0.1) is 22.7 Å². The van der Waals surface area contributed by atoms with E-state index >= 15 is 0 Å². The minimum atomic E-state index is 0.0237. The zero-order valence-electron chi connectivity index (χ0n) is 9.57. The fourth-order valence-corrected chi connectivity index (χ4v) is 4.03. The van der Waals surface area contributed by atoms with Gasteiger partial charge in [-0.2, -0.15) is 0 Å². The number of carbonyl (C=O) groups excluding carboxylic acids is 1. The van der Waals surface area contributed by atoms with Gasteiger partial charge in [0.05, 0.1) is 9.90 Å². The predicted octanol–water partition coefficient (Wildman–Crippen LogP) is 5.16. The van der Waals surface area contributed by atoms with E-state index < -0.39 is 0 Å². The molecule has 1 nitrogen and oxygen atoms in total. The predicted molar refractivity (Wildman–Crippen MR) is 79.3 cm³/mol. The van der Waals surface area contributed by atoms with Gasteiger partial charge >= 0.3 is 0 Å². The van der Waals surface area contributed by atoms with Crippen molar-refractivity contribution in [2.24, 2.45) is 0 Å². The van der Waals surface area contributed by atoms with Gasteiger partial charge in [0.25, 0.3) is 0 Å². The van der Waals surface area contributed by atoms with Gasteiger partial charge in [0, 0.05) is 21.0 Å². The molecule has 0 atom stereocenters. The van der Waals surface area contributed by atoms with Crippen LogP contribution in [0.3, 0.4) is 0 Å². The fraction of sp³-hybridized carbons (Fsp3) is 0.0714. The molecule has 18 heavy (non-hydrogen) atoms. The lowest BCUT2D eigenvalue weighted by atomic mass is 10.1. The maximum absolute atomic E-state index is 12.5. The van der Waals surface area contributed by atoms with Crippen molar-refractivity contribution in [3.63, 3.8) is 0 Å². The van der Waals surface area contributed by atoms with Crippen LogP contribution in [0.5, 0.6) is 0 Å². The molecule has 0 aliphatic carbocycles. The molecule has 0 saturated heterocycles. The van der Waals surface area contributed by atoms with Crippen molar-refractivity contribution >= 4 is 50.1 Å². The zero-order chi connectivity index (χ0) is 12.7. The van der Waals surface area contributed by atoms with Gasteiger partial charge in [0.2, 0.25) is 5.78 Å². The Morgan fingerprint density at radius 2 is 1.94 bits per heavy atom.